The van der Waals surface area contributed by atoms with Gasteiger partial charge in [-0.3, -0.25) is 9.59 Å². The van der Waals surface area contributed by atoms with Crippen molar-refractivity contribution in [2.24, 2.45) is 0 Å². The monoisotopic (exact) mass is 452 g/mol. The van der Waals surface area contributed by atoms with E-state index in [0.29, 0.717) is 36.6 Å². The fourth-order valence-corrected chi connectivity index (χ4v) is 4.87. The summed E-state index contributed by atoms with van der Waals surface area (Å²) >= 11 is 6.15. The van der Waals surface area contributed by atoms with Crippen LogP contribution in [0.2, 0.25) is 5.02 Å². The van der Waals surface area contributed by atoms with Crippen LogP contribution in [0.3, 0.4) is 0 Å². The molecule has 2 fully saturated rings. The van der Waals surface area contributed by atoms with Crippen molar-refractivity contribution < 1.29 is 9.59 Å². The van der Waals surface area contributed by atoms with Gasteiger partial charge in [0, 0.05) is 43.0 Å². The molecule has 1 aromatic carbocycles. The summed E-state index contributed by atoms with van der Waals surface area (Å²) in [4.78, 5) is 33.1. The molecule has 3 heterocycles. The zero-order chi connectivity index (χ0) is 22.1. The first-order chi connectivity index (χ1) is 15.6. The van der Waals surface area contributed by atoms with Crippen LogP contribution in [0.15, 0.2) is 42.7 Å². The number of benzene rings is 1. The standard InChI is InChI=1S/C23H25ClN6O2/c24-17-5-3-4-16(14-17)18-15-26-30-11-6-19(27-20(18)30)21(31)28-23(7-1-2-8-23)22(32)29-12-9-25-10-13-29/h3-6,11,14-15,25H,1-2,7-10,12-13H2,(H,28,31). The molecule has 8 nitrogen and oxygen atoms in total. The van der Waals surface area contributed by atoms with Crippen molar-refractivity contribution in [2.75, 3.05) is 26.2 Å². The maximum Gasteiger partial charge on any atom is 0.270 e. The molecule has 32 heavy (non-hydrogen) atoms. The van der Waals surface area contributed by atoms with Crippen LogP contribution in [0.25, 0.3) is 16.8 Å². The minimum Gasteiger partial charge on any atom is -0.338 e. The zero-order valence-corrected chi connectivity index (χ0v) is 18.4. The maximum atomic E-state index is 13.4. The molecular weight excluding hydrogens is 428 g/mol. The van der Waals surface area contributed by atoms with Crippen molar-refractivity contribution in [3.05, 3.63) is 53.4 Å². The lowest BCUT2D eigenvalue weighted by Crippen LogP contribution is -2.61. The van der Waals surface area contributed by atoms with Crippen LogP contribution in [0.5, 0.6) is 0 Å². The summed E-state index contributed by atoms with van der Waals surface area (Å²) in [6.45, 7) is 2.89. The fraction of sp³-hybridized carbons (Fsp3) is 0.391. The Morgan fingerprint density at radius 3 is 2.66 bits per heavy atom. The summed E-state index contributed by atoms with van der Waals surface area (Å²) in [6, 6.07) is 9.07. The highest BCUT2D eigenvalue weighted by atomic mass is 35.5. The lowest BCUT2D eigenvalue weighted by Gasteiger charge is -2.37. The van der Waals surface area contributed by atoms with Gasteiger partial charge in [0.15, 0.2) is 5.65 Å². The summed E-state index contributed by atoms with van der Waals surface area (Å²) in [7, 11) is 0. The molecule has 0 unspecified atom stereocenters. The Morgan fingerprint density at radius 2 is 1.91 bits per heavy atom. The van der Waals surface area contributed by atoms with Crippen LogP contribution in [0.1, 0.15) is 36.2 Å². The van der Waals surface area contributed by atoms with E-state index in [9.17, 15) is 9.59 Å². The van der Waals surface area contributed by atoms with Gasteiger partial charge in [0.25, 0.3) is 5.91 Å². The van der Waals surface area contributed by atoms with Gasteiger partial charge in [-0.25, -0.2) is 9.50 Å². The summed E-state index contributed by atoms with van der Waals surface area (Å²) in [5.41, 5.74) is 1.64. The van der Waals surface area contributed by atoms with E-state index in [2.05, 4.69) is 20.7 Å². The van der Waals surface area contributed by atoms with Crippen molar-refractivity contribution >= 4 is 29.1 Å². The van der Waals surface area contributed by atoms with E-state index >= 15 is 0 Å². The average molecular weight is 453 g/mol. The third-order valence-electron chi connectivity index (χ3n) is 6.36. The van der Waals surface area contributed by atoms with Crippen molar-refractivity contribution in [1.82, 2.24) is 30.1 Å². The van der Waals surface area contributed by atoms with Gasteiger partial charge in [0.2, 0.25) is 5.91 Å². The van der Waals surface area contributed by atoms with E-state index in [0.717, 1.165) is 37.1 Å². The van der Waals surface area contributed by atoms with Crippen LogP contribution in [-0.4, -0.2) is 63.0 Å². The van der Waals surface area contributed by atoms with Crippen molar-refractivity contribution in [2.45, 2.75) is 31.2 Å². The molecule has 9 heteroatoms. The smallest absolute Gasteiger partial charge is 0.270 e. The van der Waals surface area contributed by atoms with E-state index in [4.69, 9.17) is 11.6 Å². The highest BCUT2D eigenvalue weighted by Gasteiger charge is 2.45. The molecule has 2 aliphatic rings. The Morgan fingerprint density at radius 1 is 1.12 bits per heavy atom. The molecule has 0 atom stereocenters. The molecule has 0 radical (unpaired) electrons. The largest absolute Gasteiger partial charge is 0.338 e. The second-order valence-electron chi connectivity index (χ2n) is 8.44. The number of nitrogens with zero attached hydrogens (tertiary/aromatic N) is 4. The number of rotatable bonds is 4. The second-order valence-corrected chi connectivity index (χ2v) is 8.87. The first-order valence-corrected chi connectivity index (χ1v) is 11.4. The van der Waals surface area contributed by atoms with Crippen LogP contribution in [0, 0.1) is 0 Å². The third kappa shape index (κ3) is 3.84. The van der Waals surface area contributed by atoms with Crippen molar-refractivity contribution in [1.29, 1.82) is 0 Å². The quantitative estimate of drug-likeness (QED) is 0.634. The number of carbonyl (C=O) groups excluding carboxylic acids is 2. The van der Waals surface area contributed by atoms with Gasteiger partial charge >= 0.3 is 0 Å². The minimum absolute atomic E-state index is 0.0231. The van der Waals surface area contributed by atoms with Crippen LogP contribution >= 0.6 is 11.6 Å². The normalized spacial score (nSPS) is 18.1. The predicted molar refractivity (Wildman–Crippen MR) is 122 cm³/mol. The molecule has 0 spiro atoms. The van der Waals surface area contributed by atoms with Crippen LogP contribution in [-0.2, 0) is 4.79 Å². The topological polar surface area (TPSA) is 91.6 Å². The van der Waals surface area contributed by atoms with E-state index in [1.807, 2.05) is 23.1 Å². The van der Waals surface area contributed by atoms with Crippen molar-refractivity contribution in [3.63, 3.8) is 0 Å². The Hall–Kier alpha value is -2.97. The first kappa shape index (κ1) is 20.9. The SMILES string of the molecule is O=C(NC1(C(=O)N2CCNCC2)CCCC1)c1ccn2ncc(-c3cccc(Cl)c3)c2n1. The van der Waals surface area contributed by atoms with Gasteiger partial charge in [0.1, 0.15) is 11.2 Å². The number of fused-ring (bicyclic) bond motifs is 1. The maximum absolute atomic E-state index is 13.4. The van der Waals surface area contributed by atoms with E-state index < -0.39 is 5.54 Å². The highest BCUT2D eigenvalue weighted by molar-refractivity contribution is 6.30. The van der Waals surface area contributed by atoms with Gasteiger partial charge in [-0.1, -0.05) is 36.6 Å². The molecule has 0 bridgehead atoms. The Labute approximate surface area is 191 Å². The minimum atomic E-state index is -0.849. The Balaban J connectivity index is 1.43. The van der Waals surface area contributed by atoms with Crippen molar-refractivity contribution in [3.8, 4) is 11.1 Å². The second kappa shape index (κ2) is 8.52. The Kier molecular flexibility index (Phi) is 5.57. The molecule has 2 N–H and O–H groups in total. The molecular formula is C23H25ClN6O2. The Bertz CT molecular complexity index is 1160. The molecule has 2 aromatic heterocycles. The lowest BCUT2D eigenvalue weighted by atomic mass is 9.94. The summed E-state index contributed by atoms with van der Waals surface area (Å²) in [5, 5.41) is 11.3. The highest BCUT2D eigenvalue weighted by Crippen LogP contribution is 2.32. The van der Waals surface area contributed by atoms with E-state index in [1.165, 1.54) is 0 Å². The number of carbonyl (C=O) groups is 2. The molecule has 1 saturated carbocycles. The third-order valence-corrected chi connectivity index (χ3v) is 6.60. The van der Waals surface area contributed by atoms with Crippen LogP contribution < -0.4 is 10.6 Å². The van der Waals surface area contributed by atoms with Crippen LogP contribution in [0.4, 0.5) is 0 Å². The molecule has 5 rings (SSSR count). The molecule has 1 aliphatic carbocycles. The number of hydrogen-bond acceptors (Lipinski definition) is 5. The number of halogens is 1. The molecule has 1 saturated heterocycles. The predicted octanol–water partition coefficient (Wildman–Crippen LogP) is 2.52. The van der Waals surface area contributed by atoms with Gasteiger partial charge in [-0.2, -0.15) is 5.10 Å². The fourth-order valence-electron chi connectivity index (χ4n) is 4.68. The van der Waals surface area contributed by atoms with Gasteiger partial charge < -0.3 is 15.5 Å². The molecule has 2 amide bonds. The lowest BCUT2D eigenvalue weighted by molar-refractivity contribution is -0.138. The summed E-state index contributed by atoms with van der Waals surface area (Å²) in [6.07, 6.45) is 6.58. The number of piperazine rings is 1. The summed E-state index contributed by atoms with van der Waals surface area (Å²) < 4.78 is 1.63. The zero-order valence-electron chi connectivity index (χ0n) is 17.7. The van der Waals surface area contributed by atoms with Gasteiger partial charge in [-0.05, 0) is 36.6 Å². The summed E-state index contributed by atoms with van der Waals surface area (Å²) in [5.74, 6) is -0.314. The van der Waals surface area contributed by atoms with E-state index in [-0.39, 0.29) is 17.5 Å². The van der Waals surface area contributed by atoms with E-state index in [1.54, 1.807) is 29.0 Å². The molecule has 166 valence electrons. The first-order valence-electron chi connectivity index (χ1n) is 11.0. The number of nitrogens with one attached hydrogen (secondary N) is 2. The molecule has 1 aliphatic heterocycles. The average Bonchev–Trinajstić information content (AvgIpc) is 3.46. The number of aromatic nitrogens is 3. The van der Waals surface area contributed by atoms with Gasteiger partial charge in [0.05, 0.1) is 6.20 Å². The number of amides is 2. The molecule has 3 aromatic rings. The van der Waals surface area contributed by atoms with Gasteiger partial charge in [-0.15, -0.1) is 0 Å². The number of hydrogen-bond donors (Lipinski definition) is 2.